The molecule has 1 amide bonds. The summed E-state index contributed by atoms with van der Waals surface area (Å²) in [5.74, 6) is 0.0629. The lowest BCUT2D eigenvalue weighted by Crippen LogP contribution is -2.37. The summed E-state index contributed by atoms with van der Waals surface area (Å²) in [6.45, 7) is 3.69. The Balaban J connectivity index is 1.96. The second-order valence-electron chi connectivity index (χ2n) is 5.01. The van der Waals surface area contributed by atoms with Gasteiger partial charge in [-0.3, -0.25) is 14.9 Å². The highest BCUT2D eigenvalue weighted by Gasteiger charge is 2.21. The van der Waals surface area contributed by atoms with E-state index in [1.807, 2.05) is 11.8 Å². The van der Waals surface area contributed by atoms with Crippen molar-refractivity contribution in [1.82, 2.24) is 10.2 Å². The number of carbonyl (C=O) groups excluding carboxylic acids is 1. The zero-order valence-corrected chi connectivity index (χ0v) is 11.5. The van der Waals surface area contributed by atoms with Crippen LogP contribution >= 0.6 is 0 Å². The Morgan fingerprint density at radius 3 is 2.70 bits per heavy atom. The molecule has 1 aliphatic heterocycles. The fourth-order valence-electron chi connectivity index (χ4n) is 2.45. The molecule has 1 unspecified atom stereocenters. The van der Waals surface area contributed by atoms with Crippen molar-refractivity contribution >= 4 is 11.6 Å². The van der Waals surface area contributed by atoms with Gasteiger partial charge < -0.3 is 10.2 Å². The molecule has 0 aliphatic carbocycles. The van der Waals surface area contributed by atoms with Gasteiger partial charge in [-0.15, -0.1) is 0 Å². The van der Waals surface area contributed by atoms with Gasteiger partial charge in [0.1, 0.15) is 0 Å². The number of rotatable bonds is 5. The summed E-state index contributed by atoms with van der Waals surface area (Å²) in [7, 11) is 0. The highest BCUT2D eigenvalue weighted by molar-refractivity contribution is 5.78. The average Bonchev–Trinajstić information content (AvgIpc) is 2.98. The number of benzene rings is 1. The van der Waals surface area contributed by atoms with Crippen LogP contribution in [-0.4, -0.2) is 35.4 Å². The molecule has 0 aromatic heterocycles. The Hall–Kier alpha value is -1.95. The first-order valence-electron chi connectivity index (χ1n) is 6.84. The van der Waals surface area contributed by atoms with E-state index in [1.54, 1.807) is 18.2 Å². The van der Waals surface area contributed by atoms with Crippen LogP contribution in [0.25, 0.3) is 0 Å². The van der Waals surface area contributed by atoms with Crippen molar-refractivity contribution in [2.24, 2.45) is 0 Å². The van der Waals surface area contributed by atoms with E-state index in [0.717, 1.165) is 25.9 Å². The smallest absolute Gasteiger partial charge is 0.274 e. The molecule has 1 fully saturated rings. The van der Waals surface area contributed by atoms with E-state index in [0.29, 0.717) is 5.56 Å². The second-order valence-corrected chi connectivity index (χ2v) is 5.01. The van der Waals surface area contributed by atoms with Gasteiger partial charge in [0.25, 0.3) is 5.69 Å². The first kappa shape index (κ1) is 14.5. The van der Waals surface area contributed by atoms with Crippen LogP contribution in [-0.2, 0) is 4.79 Å². The molecule has 1 aliphatic rings. The van der Waals surface area contributed by atoms with Gasteiger partial charge in [0.05, 0.1) is 11.5 Å². The zero-order chi connectivity index (χ0) is 14.5. The van der Waals surface area contributed by atoms with Crippen LogP contribution < -0.4 is 5.32 Å². The third kappa shape index (κ3) is 3.33. The molecule has 1 saturated heterocycles. The first-order chi connectivity index (χ1) is 9.59. The van der Waals surface area contributed by atoms with Crippen molar-refractivity contribution in [3.05, 3.63) is 39.9 Å². The highest BCUT2D eigenvalue weighted by atomic mass is 16.6. The van der Waals surface area contributed by atoms with E-state index in [2.05, 4.69) is 5.32 Å². The van der Waals surface area contributed by atoms with E-state index in [4.69, 9.17) is 0 Å². The van der Waals surface area contributed by atoms with Crippen molar-refractivity contribution in [2.45, 2.75) is 25.8 Å². The molecule has 1 aromatic rings. The average molecular weight is 277 g/mol. The largest absolute Gasteiger partial charge is 0.342 e. The summed E-state index contributed by atoms with van der Waals surface area (Å²) in [5.41, 5.74) is 0.688. The Morgan fingerprint density at radius 2 is 2.05 bits per heavy atom. The van der Waals surface area contributed by atoms with E-state index in [1.165, 1.54) is 6.07 Å². The van der Waals surface area contributed by atoms with Crippen LogP contribution in [0.3, 0.4) is 0 Å². The Morgan fingerprint density at radius 1 is 1.40 bits per heavy atom. The highest BCUT2D eigenvalue weighted by Crippen LogP contribution is 2.24. The van der Waals surface area contributed by atoms with Crippen molar-refractivity contribution < 1.29 is 9.72 Å². The molecule has 1 heterocycles. The third-order valence-electron chi connectivity index (χ3n) is 3.62. The first-order valence-corrected chi connectivity index (χ1v) is 6.84. The van der Waals surface area contributed by atoms with E-state index >= 15 is 0 Å². The van der Waals surface area contributed by atoms with Gasteiger partial charge in [-0.1, -0.05) is 18.2 Å². The SMILES string of the molecule is CC(NCC(=O)N1CCCC1)c1ccccc1[N+](=O)[O-]. The standard InChI is InChI=1S/C14H19N3O3/c1-11(12-6-2-3-7-13(12)17(19)20)15-10-14(18)16-8-4-5-9-16/h2-3,6-7,11,15H,4-5,8-10H2,1H3. The molecule has 0 bridgehead atoms. The van der Waals surface area contributed by atoms with Crippen LogP contribution in [0.5, 0.6) is 0 Å². The molecule has 6 heteroatoms. The molecule has 0 radical (unpaired) electrons. The van der Waals surface area contributed by atoms with Gasteiger partial charge in [-0.25, -0.2) is 0 Å². The minimum Gasteiger partial charge on any atom is -0.342 e. The number of nitro groups is 1. The Bertz CT molecular complexity index is 498. The summed E-state index contributed by atoms with van der Waals surface area (Å²) in [6.07, 6.45) is 2.12. The molecular weight excluding hydrogens is 258 g/mol. The van der Waals surface area contributed by atoms with Gasteiger partial charge in [0, 0.05) is 30.8 Å². The summed E-state index contributed by atoms with van der Waals surface area (Å²) >= 11 is 0. The van der Waals surface area contributed by atoms with Crippen LogP contribution in [0.4, 0.5) is 5.69 Å². The van der Waals surface area contributed by atoms with Crippen molar-refractivity contribution in [3.8, 4) is 0 Å². The van der Waals surface area contributed by atoms with E-state index in [9.17, 15) is 14.9 Å². The molecule has 6 nitrogen and oxygen atoms in total. The van der Waals surface area contributed by atoms with Gasteiger partial charge >= 0.3 is 0 Å². The summed E-state index contributed by atoms with van der Waals surface area (Å²) in [4.78, 5) is 24.3. The number of nitrogens with one attached hydrogen (secondary N) is 1. The predicted octanol–water partition coefficient (Wildman–Crippen LogP) is 1.87. The number of likely N-dealkylation sites (tertiary alicyclic amines) is 1. The fraction of sp³-hybridized carbons (Fsp3) is 0.500. The Labute approximate surface area is 117 Å². The molecule has 20 heavy (non-hydrogen) atoms. The molecule has 1 atom stereocenters. The number of carbonyl (C=O) groups is 1. The van der Waals surface area contributed by atoms with Crippen molar-refractivity contribution in [2.75, 3.05) is 19.6 Å². The number of para-hydroxylation sites is 1. The predicted molar refractivity (Wildman–Crippen MR) is 75.3 cm³/mol. The van der Waals surface area contributed by atoms with E-state index in [-0.39, 0.29) is 24.2 Å². The summed E-state index contributed by atoms with van der Waals surface area (Å²) in [5, 5.41) is 14.1. The number of nitro benzene ring substituents is 1. The summed E-state index contributed by atoms with van der Waals surface area (Å²) < 4.78 is 0. The zero-order valence-electron chi connectivity index (χ0n) is 11.5. The van der Waals surface area contributed by atoms with Crippen LogP contribution in [0, 0.1) is 10.1 Å². The third-order valence-corrected chi connectivity index (χ3v) is 3.62. The molecular formula is C14H19N3O3. The normalized spacial score (nSPS) is 16.1. The lowest BCUT2D eigenvalue weighted by atomic mass is 10.1. The lowest BCUT2D eigenvalue weighted by molar-refractivity contribution is -0.385. The summed E-state index contributed by atoms with van der Waals surface area (Å²) in [6, 6.07) is 6.38. The van der Waals surface area contributed by atoms with Crippen LogP contribution in [0.1, 0.15) is 31.4 Å². The molecule has 0 spiro atoms. The number of amides is 1. The number of hydrogen-bond acceptors (Lipinski definition) is 4. The van der Waals surface area contributed by atoms with Crippen LogP contribution in [0.2, 0.25) is 0 Å². The molecule has 1 N–H and O–H groups in total. The van der Waals surface area contributed by atoms with Crippen molar-refractivity contribution in [3.63, 3.8) is 0 Å². The van der Waals surface area contributed by atoms with Gasteiger partial charge in [0.2, 0.25) is 5.91 Å². The molecule has 0 saturated carbocycles. The maximum absolute atomic E-state index is 11.9. The maximum atomic E-state index is 11.9. The van der Waals surface area contributed by atoms with Gasteiger partial charge in [0.15, 0.2) is 0 Å². The number of nitrogens with zero attached hydrogens (tertiary/aromatic N) is 2. The lowest BCUT2D eigenvalue weighted by Gasteiger charge is -2.18. The van der Waals surface area contributed by atoms with Crippen LogP contribution in [0.15, 0.2) is 24.3 Å². The van der Waals surface area contributed by atoms with Gasteiger partial charge in [-0.05, 0) is 19.8 Å². The molecule has 108 valence electrons. The minimum absolute atomic E-state index is 0.0629. The minimum atomic E-state index is -0.393. The monoisotopic (exact) mass is 277 g/mol. The topological polar surface area (TPSA) is 75.5 Å². The fourth-order valence-corrected chi connectivity index (χ4v) is 2.45. The Kier molecular flexibility index (Phi) is 4.68. The quantitative estimate of drug-likeness (QED) is 0.658. The second kappa shape index (κ2) is 6.47. The van der Waals surface area contributed by atoms with E-state index < -0.39 is 4.92 Å². The molecule has 1 aromatic carbocycles. The van der Waals surface area contributed by atoms with Gasteiger partial charge in [-0.2, -0.15) is 0 Å². The van der Waals surface area contributed by atoms with Crippen molar-refractivity contribution in [1.29, 1.82) is 0 Å². The maximum Gasteiger partial charge on any atom is 0.274 e. The molecule has 2 rings (SSSR count). The number of hydrogen-bond donors (Lipinski definition) is 1.